The van der Waals surface area contributed by atoms with Gasteiger partial charge in [0, 0.05) is 26.2 Å². The largest absolute Gasteiger partial charge is 0.357 e. The van der Waals surface area contributed by atoms with Gasteiger partial charge >= 0.3 is 0 Å². The molecule has 4 rings (SSSR count). The first-order valence-electron chi connectivity index (χ1n) is 10.4. The Balaban J connectivity index is 1.39. The Hall–Kier alpha value is -2.43. The van der Waals surface area contributed by atoms with Gasteiger partial charge in [-0.15, -0.1) is 0 Å². The molecule has 0 atom stereocenters. The lowest BCUT2D eigenvalue weighted by Gasteiger charge is -2.33. The van der Waals surface area contributed by atoms with Crippen molar-refractivity contribution < 1.29 is 9.18 Å². The number of amides is 1. The summed E-state index contributed by atoms with van der Waals surface area (Å²) in [5, 5.41) is 0. The van der Waals surface area contributed by atoms with Crippen LogP contribution < -0.4 is 4.90 Å². The first kappa shape index (κ1) is 18.9. The van der Waals surface area contributed by atoms with Crippen LogP contribution in [-0.4, -0.2) is 42.0 Å². The Kier molecular flexibility index (Phi) is 5.60. The van der Waals surface area contributed by atoms with Crippen molar-refractivity contribution in [1.82, 2.24) is 9.88 Å². The predicted molar refractivity (Wildman–Crippen MR) is 109 cm³/mol. The molecule has 0 aliphatic carbocycles. The quantitative estimate of drug-likeness (QED) is 0.787. The van der Waals surface area contributed by atoms with Crippen molar-refractivity contribution in [3.8, 4) is 0 Å². The van der Waals surface area contributed by atoms with Crippen LogP contribution in [-0.2, 0) is 0 Å². The van der Waals surface area contributed by atoms with Crippen LogP contribution >= 0.6 is 0 Å². The van der Waals surface area contributed by atoms with Crippen LogP contribution in [0.5, 0.6) is 0 Å². The van der Waals surface area contributed by atoms with Crippen LogP contribution in [0, 0.1) is 11.7 Å². The number of carbonyl (C=O) groups excluding carboxylic acids is 1. The number of halogens is 1. The van der Waals surface area contributed by atoms with Gasteiger partial charge in [0.15, 0.2) is 0 Å². The minimum Gasteiger partial charge on any atom is -0.357 e. The van der Waals surface area contributed by atoms with Crippen LogP contribution in [0.1, 0.15) is 54.6 Å². The van der Waals surface area contributed by atoms with Gasteiger partial charge in [-0.3, -0.25) is 4.79 Å². The van der Waals surface area contributed by atoms with Crippen molar-refractivity contribution in [3.63, 3.8) is 0 Å². The molecule has 2 aliphatic rings. The third-order valence-corrected chi connectivity index (χ3v) is 6.18. The third-order valence-electron chi connectivity index (χ3n) is 6.18. The van der Waals surface area contributed by atoms with Gasteiger partial charge in [0.2, 0.25) is 0 Å². The number of hydrogen-bond donors (Lipinski definition) is 0. The number of benzene rings is 1. The summed E-state index contributed by atoms with van der Waals surface area (Å²) >= 11 is 0. The molecule has 1 aromatic heterocycles. The Labute approximate surface area is 166 Å². The van der Waals surface area contributed by atoms with Gasteiger partial charge in [-0.05, 0) is 67.3 Å². The van der Waals surface area contributed by atoms with Crippen molar-refractivity contribution in [2.24, 2.45) is 5.92 Å². The molecule has 0 spiro atoms. The number of pyridine rings is 1. The highest BCUT2D eigenvalue weighted by atomic mass is 19.1. The van der Waals surface area contributed by atoms with Crippen molar-refractivity contribution in [3.05, 3.63) is 59.5 Å². The predicted octanol–water partition coefficient (Wildman–Crippen LogP) is 4.48. The zero-order valence-corrected chi connectivity index (χ0v) is 16.5. The molecule has 0 saturated carbocycles. The topological polar surface area (TPSA) is 36.4 Å². The number of aromatic nitrogens is 1. The molecule has 1 aromatic carbocycles. The van der Waals surface area contributed by atoms with E-state index in [1.807, 2.05) is 35.2 Å². The molecule has 0 radical (unpaired) electrons. The van der Waals surface area contributed by atoms with Crippen LogP contribution in [0.15, 0.2) is 42.5 Å². The van der Waals surface area contributed by atoms with Crippen molar-refractivity contribution in [2.75, 3.05) is 31.1 Å². The molecule has 2 fully saturated rings. The second-order valence-electron chi connectivity index (χ2n) is 8.17. The number of anilines is 1. The maximum Gasteiger partial charge on any atom is 0.272 e. The second-order valence-corrected chi connectivity index (χ2v) is 8.17. The number of nitrogens with zero attached hydrogens (tertiary/aromatic N) is 3. The van der Waals surface area contributed by atoms with Crippen LogP contribution in [0.3, 0.4) is 0 Å². The molecule has 148 valence electrons. The average Bonchev–Trinajstić information content (AvgIpc) is 2.75. The molecule has 2 saturated heterocycles. The van der Waals surface area contributed by atoms with Crippen LogP contribution in [0.25, 0.3) is 0 Å². The summed E-state index contributed by atoms with van der Waals surface area (Å²) < 4.78 is 13.1. The SMILES string of the molecule is CC1CCN(C(=O)c2cccc(N3CCC(c4ccc(F)cc4)CC3)n2)CC1. The van der Waals surface area contributed by atoms with E-state index < -0.39 is 0 Å². The molecule has 0 N–H and O–H groups in total. The minimum absolute atomic E-state index is 0.0509. The van der Waals surface area contributed by atoms with E-state index >= 15 is 0 Å². The van der Waals surface area contributed by atoms with E-state index in [2.05, 4.69) is 16.8 Å². The normalized spacial score (nSPS) is 19.1. The zero-order chi connectivity index (χ0) is 19.5. The van der Waals surface area contributed by atoms with Crippen molar-refractivity contribution >= 4 is 11.7 Å². The maximum absolute atomic E-state index is 13.1. The van der Waals surface area contributed by atoms with Crippen molar-refractivity contribution in [2.45, 2.75) is 38.5 Å². The van der Waals surface area contributed by atoms with Crippen LogP contribution in [0.2, 0.25) is 0 Å². The monoisotopic (exact) mass is 381 g/mol. The molecular formula is C23H28FN3O. The molecule has 0 bridgehead atoms. The van der Waals surface area contributed by atoms with Gasteiger partial charge in [0.1, 0.15) is 17.3 Å². The van der Waals surface area contributed by atoms with E-state index in [0.29, 0.717) is 17.5 Å². The van der Waals surface area contributed by atoms with E-state index in [4.69, 9.17) is 0 Å². The summed E-state index contributed by atoms with van der Waals surface area (Å²) in [4.78, 5) is 21.7. The van der Waals surface area contributed by atoms with Gasteiger partial charge in [-0.25, -0.2) is 9.37 Å². The first-order chi connectivity index (χ1) is 13.6. The summed E-state index contributed by atoms with van der Waals surface area (Å²) in [5.74, 6) is 1.90. The highest BCUT2D eigenvalue weighted by Crippen LogP contribution is 2.30. The molecule has 4 nitrogen and oxygen atoms in total. The number of likely N-dealkylation sites (tertiary alicyclic amines) is 1. The van der Waals surface area contributed by atoms with Gasteiger partial charge in [-0.1, -0.05) is 25.1 Å². The highest BCUT2D eigenvalue weighted by Gasteiger charge is 2.25. The Morgan fingerprint density at radius 3 is 2.32 bits per heavy atom. The number of rotatable bonds is 3. The lowest BCUT2D eigenvalue weighted by atomic mass is 9.89. The van der Waals surface area contributed by atoms with E-state index in [9.17, 15) is 9.18 Å². The number of carbonyl (C=O) groups is 1. The molecule has 1 amide bonds. The fourth-order valence-corrected chi connectivity index (χ4v) is 4.27. The lowest BCUT2D eigenvalue weighted by molar-refractivity contribution is 0.0691. The smallest absolute Gasteiger partial charge is 0.272 e. The summed E-state index contributed by atoms with van der Waals surface area (Å²) in [5.41, 5.74) is 1.75. The maximum atomic E-state index is 13.1. The molecule has 5 heteroatoms. The molecule has 0 unspecified atom stereocenters. The van der Waals surface area contributed by atoms with Gasteiger partial charge in [-0.2, -0.15) is 0 Å². The summed E-state index contributed by atoms with van der Waals surface area (Å²) in [6.45, 7) is 5.70. The van der Waals surface area contributed by atoms with E-state index in [-0.39, 0.29) is 11.7 Å². The Morgan fingerprint density at radius 1 is 0.964 bits per heavy atom. The number of piperidine rings is 2. The van der Waals surface area contributed by atoms with E-state index in [1.54, 1.807) is 12.1 Å². The summed E-state index contributed by atoms with van der Waals surface area (Å²) in [6, 6.07) is 12.6. The summed E-state index contributed by atoms with van der Waals surface area (Å²) in [6.07, 6.45) is 4.16. The molecule has 2 aromatic rings. The molecule has 28 heavy (non-hydrogen) atoms. The fourth-order valence-electron chi connectivity index (χ4n) is 4.27. The first-order valence-corrected chi connectivity index (χ1v) is 10.4. The highest BCUT2D eigenvalue weighted by molar-refractivity contribution is 5.92. The molecule has 3 heterocycles. The van der Waals surface area contributed by atoms with Gasteiger partial charge in [0.25, 0.3) is 5.91 Å². The third kappa shape index (κ3) is 4.18. The molecule has 2 aliphatic heterocycles. The Bertz CT molecular complexity index is 807. The van der Waals surface area contributed by atoms with Crippen LogP contribution in [0.4, 0.5) is 10.2 Å². The fraction of sp³-hybridized carbons (Fsp3) is 0.478. The van der Waals surface area contributed by atoms with Gasteiger partial charge < -0.3 is 9.80 Å². The van der Waals surface area contributed by atoms with E-state index in [0.717, 1.165) is 57.7 Å². The number of hydrogen-bond acceptors (Lipinski definition) is 3. The minimum atomic E-state index is -0.185. The van der Waals surface area contributed by atoms with Crippen molar-refractivity contribution in [1.29, 1.82) is 0 Å². The van der Waals surface area contributed by atoms with Gasteiger partial charge in [0.05, 0.1) is 0 Å². The zero-order valence-electron chi connectivity index (χ0n) is 16.5. The van der Waals surface area contributed by atoms with E-state index in [1.165, 1.54) is 5.56 Å². The molecular weight excluding hydrogens is 353 g/mol. The summed E-state index contributed by atoms with van der Waals surface area (Å²) in [7, 11) is 0. The lowest BCUT2D eigenvalue weighted by Crippen LogP contribution is -2.38. The Morgan fingerprint density at radius 2 is 1.64 bits per heavy atom. The second kappa shape index (κ2) is 8.29. The average molecular weight is 381 g/mol. The standard InChI is InChI=1S/C23H28FN3O/c1-17-9-13-27(14-10-17)23(28)21-3-2-4-22(25-21)26-15-11-19(12-16-26)18-5-7-20(24)8-6-18/h2-8,17,19H,9-16H2,1H3.